The number of hydrogen-bond donors (Lipinski definition) is 2. The van der Waals surface area contributed by atoms with Crippen molar-refractivity contribution in [3.05, 3.63) is 36.4 Å². The van der Waals surface area contributed by atoms with Crippen LogP contribution in [-0.4, -0.2) is 45.7 Å². The number of aromatic nitrogens is 1. The van der Waals surface area contributed by atoms with Gasteiger partial charge >= 0.3 is 0 Å². The van der Waals surface area contributed by atoms with E-state index >= 15 is 0 Å². The predicted octanol–water partition coefficient (Wildman–Crippen LogP) is 2.77. The molecule has 1 amide bonds. The van der Waals surface area contributed by atoms with Crippen molar-refractivity contribution >= 4 is 42.6 Å². The fourth-order valence-electron chi connectivity index (χ4n) is 2.96. The molecule has 0 radical (unpaired) electrons. The van der Waals surface area contributed by atoms with Gasteiger partial charge < -0.3 is 19.5 Å². The second kappa shape index (κ2) is 8.69. The summed E-state index contributed by atoms with van der Waals surface area (Å²) in [6.07, 6.45) is 0.713. The van der Waals surface area contributed by atoms with Crippen LogP contribution in [0.15, 0.2) is 41.3 Å². The van der Waals surface area contributed by atoms with Crippen molar-refractivity contribution in [2.75, 3.05) is 25.6 Å². The van der Waals surface area contributed by atoms with Gasteiger partial charge in [-0.3, -0.25) is 4.79 Å². The maximum atomic E-state index is 12.8. The van der Waals surface area contributed by atoms with Crippen LogP contribution in [0.4, 0.5) is 5.13 Å². The van der Waals surface area contributed by atoms with E-state index in [0.29, 0.717) is 47.5 Å². The zero-order valence-electron chi connectivity index (χ0n) is 16.9. The van der Waals surface area contributed by atoms with Crippen molar-refractivity contribution in [1.82, 2.24) is 9.71 Å². The molecule has 4 rings (SSSR count). The van der Waals surface area contributed by atoms with Crippen LogP contribution in [0.3, 0.4) is 0 Å². The molecule has 3 aromatic rings. The molecule has 31 heavy (non-hydrogen) atoms. The van der Waals surface area contributed by atoms with Gasteiger partial charge in [-0.1, -0.05) is 11.3 Å². The average Bonchev–Trinajstić information content (AvgIpc) is 2.99. The average molecular weight is 464 g/mol. The molecule has 0 spiro atoms. The molecule has 0 saturated carbocycles. The van der Waals surface area contributed by atoms with Gasteiger partial charge in [-0.05, 0) is 37.3 Å². The third-order valence-corrected chi connectivity index (χ3v) is 7.05. The summed E-state index contributed by atoms with van der Waals surface area (Å²) in [4.78, 5) is 16.9. The molecule has 9 nitrogen and oxygen atoms in total. The lowest BCUT2D eigenvalue weighted by atomic mass is 10.3. The molecule has 0 aliphatic carbocycles. The van der Waals surface area contributed by atoms with Crippen molar-refractivity contribution in [2.24, 2.45) is 0 Å². The quantitative estimate of drug-likeness (QED) is 0.577. The maximum Gasteiger partial charge on any atom is 0.244 e. The monoisotopic (exact) mass is 463 g/mol. The summed E-state index contributed by atoms with van der Waals surface area (Å²) in [5, 5.41) is 3.03. The summed E-state index contributed by atoms with van der Waals surface area (Å²) in [5.74, 6) is 1.02. The van der Waals surface area contributed by atoms with E-state index in [1.54, 1.807) is 25.3 Å². The molecule has 2 heterocycles. The Morgan fingerprint density at radius 3 is 2.71 bits per heavy atom. The SMILES string of the molecule is COc1ccc2nc(NC(=O)[C@@H](C)NS(=O)(=O)c3ccc4c(c3)OCCCO4)sc2c1. The van der Waals surface area contributed by atoms with E-state index in [-0.39, 0.29) is 4.90 Å². The number of nitrogens with one attached hydrogen (secondary N) is 2. The van der Waals surface area contributed by atoms with Crippen LogP contribution in [-0.2, 0) is 14.8 Å². The zero-order chi connectivity index (χ0) is 22.0. The summed E-state index contributed by atoms with van der Waals surface area (Å²) >= 11 is 1.27. The van der Waals surface area contributed by atoms with E-state index < -0.39 is 22.0 Å². The summed E-state index contributed by atoms with van der Waals surface area (Å²) < 4.78 is 45.0. The lowest BCUT2D eigenvalue weighted by molar-refractivity contribution is -0.117. The molecular weight excluding hydrogens is 442 g/mol. The highest BCUT2D eigenvalue weighted by atomic mass is 32.2. The van der Waals surface area contributed by atoms with E-state index in [0.717, 1.165) is 4.70 Å². The van der Waals surface area contributed by atoms with Crippen LogP contribution in [0.25, 0.3) is 10.2 Å². The molecule has 0 fully saturated rings. The van der Waals surface area contributed by atoms with Crippen molar-refractivity contribution in [3.8, 4) is 17.2 Å². The summed E-state index contributed by atoms with van der Waals surface area (Å²) in [5.41, 5.74) is 0.710. The molecule has 2 aromatic carbocycles. The molecule has 0 unspecified atom stereocenters. The molecule has 0 saturated heterocycles. The van der Waals surface area contributed by atoms with Gasteiger partial charge in [-0.25, -0.2) is 13.4 Å². The number of rotatable bonds is 6. The zero-order valence-corrected chi connectivity index (χ0v) is 18.5. The van der Waals surface area contributed by atoms with Crippen molar-refractivity contribution in [3.63, 3.8) is 0 Å². The van der Waals surface area contributed by atoms with Gasteiger partial charge in [0.05, 0.1) is 41.5 Å². The number of sulfonamides is 1. The van der Waals surface area contributed by atoms with Crippen LogP contribution in [0, 0.1) is 0 Å². The summed E-state index contributed by atoms with van der Waals surface area (Å²) in [6, 6.07) is 8.73. The fourth-order valence-corrected chi connectivity index (χ4v) is 5.08. The first-order valence-corrected chi connectivity index (χ1v) is 11.8. The number of carbonyl (C=O) groups is 1. The fraction of sp³-hybridized carbons (Fsp3) is 0.300. The first-order chi connectivity index (χ1) is 14.9. The van der Waals surface area contributed by atoms with Gasteiger partial charge in [0.15, 0.2) is 16.6 Å². The van der Waals surface area contributed by atoms with Gasteiger partial charge in [-0.15, -0.1) is 0 Å². The van der Waals surface area contributed by atoms with Crippen LogP contribution in [0.5, 0.6) is 17.2 Å². The van der Waals surface area contributed by atoms with E-state index in [1.165, 1.54) is 30.4 Å². The minimum absolute atomic E-state index is 0.0107. The number of carbonyl (C=O) groups excluding carboxylic acids is 1. The van der Waals surface area contributed by atoms with Crippen LogP contribution < -0.4 is 24.2 Å². The number of methoxy groups -OCH3 is 1. The van der Waals surface area contributed by atoms with Gasteiger partial charge in [-0.2, -0.15) is 4.72 Å². The second-order valence-electron chi connectivity index (χ2n) is 6.84. The number of fused-ring (bicyclic) bond motifs is 2. The van der Waals surface area contributed by atoms with Crippen molar-refractivity contribution in [1.29, 1.82) is 0 Å². The molecule has 1 aromatic heterocycles. The van der Waals surface area contributed by atoms with Gasteiger partial charge in [0.2, 0.25) is 15.9 Å². The normalized spacial score (nSPS) is 14.6. The minimum atomic E-state index is -3.96. The molecule has 2 N–H and O–H groups in total. The standard InChI is InChI=1S/C20H21N3O6S2/c1-12(19(24)22-20-21-15-6-4-13(27-2)10-18(15)30-20)23-31(25,26)14-5-7-16-17(11-14)29-9-3-8-28-16/h4-7,10-12,23H,3,8-9H2,1-2H3,(H,21,22,24)/t12-/m1/s1. The number of hydrogen-bond acceptors (Lipinski definition) is 8. The molecular formula is C20H21N3O6S2. The molecule has 0 bridgehead atoms. The van der Waals surface area contributed by atoms with E-state index in [2.05, 4.69) is 15.0 Å². The highest BCUT2D eigenvalue weighted by Crippen LogP contribution is 2.32. The number of anilines is 1. The highest BCUT2D eigenvalue weighted by Gasteiger charge is 2.24. The number of thiazole rings is 1. The Bertz CT molecular complexity index is 1220. The largest absolute Gasteiger partial charge is 0.497 e. The van der Waals surface area contributed by atoms with Gasteiger partial charge in [0.1, 0.15) is 5.75 Å². The Morgan fingerprint density at radius 2 is 1.94 bits per heavy atom. The number of nitrogens with zero attached hydrogens (tertiary/aromatic N) is 1. The van der Waals surface area contributed by atoms with Crippen LogP contribution in [0.1, 0.15) is 13.3 Å². The first kappa shape index (κ1) is 21.3. The van der Waals surface area contributed by atoms with E-state index in [1.807, 2.05) is 6.07 Å². The van der Waals surface area contributed by atoms with Crippen molar-refractivity contribution in [2.45, 2.75) is 24.3 Å². The third kappa shape index (κ3) is 4.73. The number of benzene rings is 2. The Hall–Kier alpha value is -2.89. The second-order valence-corrected chi connectivity index (χ2v) is 9.59. The molecule has 164 valence electrons. The lowest BCUT2D eigenvalue weighted by Gasteiger charge is -2.14. The molecule has 1 aliphatic rings. The Balaban J connectivity index is 1.46. The van der Waals surface area contributed by atoms with Gasteiger partial charge in [0.25, 0.3) is 0 Å². The molecule has 1 aliphatic heterocycles. The third-order valence-electron chi connectivity index (χ3n) is 4.58. The number of amides is 1. The predicted molar refractivity (Wildman–Crippen MR) is 117 cm³/mol. The molecule has 11 heteroatoms. The van der Waals surface area contributed by atoms with Crippen LogP contribution in [0.2, 0.25) is 0 Å². The topological polar surface area (TPSA) is 116 Å². The Morgan fingerprint density at radius 1 is 1.16 bits per heavy atom. The number of ether oxygens (including phenoxy) is 3. The van der Waals surface area contributed by atoms with Crippen molar-refractivity contribution < 1.29 is 27.4 Å². The summed E-state index contributed by atoms with van der Waals surface area (Å²) in [7, 11) is -2.38. The van der Waals surface area contributed by atoms with Gasteiger partial charge in [0, 0.05) is 12.5 Å². The molecule has 1 atom stereocenters. The Labute approximate surface area is 183 Å². The van der Waals surface area contributed by atoms with E-state index in [9.17, 15) is 13.2 Å². The van der Waals surface area contributed by atoms with E-state index in [4.69, 9.17) is 14.2 Å². The first-order valence-electron chi connectivity index (χ1n) is 9.53. The highest BCUT2D eigenvalue weighted by molar-refractivity contribution is 7.89. The maximum absolute atomic E-state index is 12.8. The lowest BCUT2D eigenvalue weighted by Crippen LogP contribution is -2.41. The Kier molecular flexibility index (Phi) is 5.99. The smallest absolute Gasteiger partial charge is 0.244 e. The van der Waals surface area contributed by atoms with Crippen LogP contribution >= 0.6 is 11.3 Å². The summed E-state index contributed by atoms with van der Waals surface area (Å²) in [6.45, 7) is 2.41. The minimum Gasteiger partial charge on any atom is -0.497 e.